The van der Waals surface area contributed by atoms with Gasteiger partial charge in [0.05, 0.1) is 19.2 Å². The largest absolute Gasteiger partial charge is 0.465 e. The number of ether oxygens (including phenoxy) is 1. The summed E-state index contributed by atoms with van der Waals surface area (Å²) in [7, 11) is 1.17. The third kappa shape index (κ3) is 3.23. The Morgan fingerprint density at radius 3 is 2.41 bits per heavy atom. The third-order valence-corrected chi connectivity index (χ3v) is 5.21. The van der Waals surface area contributed by atoms with Crippen LogP contribution < -0.4 is 9.80 Å². The van der Waals surface area contributed by atoms with Crippen molar-refractivity contribution in [1.82, 2.24) is 0 Å². The van der Waals surface area contributed by atoms with E-state index in [1.54, 1.807) is 43.9 Å². The molecule has 148 valence electrons. The lowest BCUT2D eigenvalue weighted by atomic mass is 10.0. The van der Waals surface area contributed by atoms with Crippen LogP contribution in [0.1, 0.15) is 29.8 Å². The number of hydrogen-bond donors (Lipinski definition) is 0. The molecule has 0 bridgehead atoms. The van der Waals surface area contributed by atoms with Crippen LogP contribution in [0.4, 0.5) is 21.5 Å². The van der Waals surface area contributed by atoms with Crippen LogP contribution in [-0.4, -0.2) is 29.6 Å². The van der Waals surface area contributed by atoms with Gasteiger partial charge in [0.1, 0.15) is 11.4 Å². The number of amides is 1. The first kappa shape index (κ1) is 20.4. The Balaban J connectivity index is 2.06. The van der Waals surface area contributed by atoms with Crippen LogP contribution in [0.3, 0.4) is 0 Å². The highest BCUT2D eigenvalue weighted by Crippen LogP contribution is 2.38. The van der Waals surface area contributed by atoms with Crippen molar-refractivity contribution >= 4 is 46.3 Å². The van der Waals surface area contributed by atoms with Crippen molar-refractivity contribution in [3.8, 4) is 0 Å². The van der Waals surface area contributed by atoms with E-state index in [-0.39, 0.29) is 16.6 Å². The zero-order chi connectivity index (χ0) is 21.5. The predicted molar refractivity (Wildman–Crippen MR) is 112 cm³/mol. The van der Waals surface area contributed by atoms with Crippen LogP contribution in [0.5, 0.6) is 0 Å². The zero-order valence-corrected chi connectivity index (χ0v) is 17.1. The van der Waals surface area contributed by atoms with E-state index in [1.807, 2.05) is 0 Å². The van der Waals surface area contributed by atoms with Gasteiger partial charge < -0.3 is 9.64 Å². The lowest BCUT2D eigenvalue weighted by molar-refractivity contribution is -0.120. The Kier molecular flexibility index (Phi) is 5.11. The summed E-state index contributed by atoms with van der Waals surface area (Å²) in [5, 5.41) is 0.181. The molecule has 2 aromatic carbocycles. The van der Waals surface area contributed by atoms with E-state index in [9.17, 15) is 14.0 Å². The van der Waals surface area contributed by atoms with E-state index in [1.165, 1.54) is 24.1 Å². The van der Waals surface area contributed by atoms with Crippen molar-refractivity contribution in [3.63, 3.8) is 0 Å². The quantitative estimate of drug-likeness (QED) is 0.426. The van der Waals surface area contributed by atoms with Crippen molar-refractivity contribution in [3.05, 3.63) is 64.8 Å². The lowest BCUT2D eigenvalue weighted by Gasteiger charge is -2.29. The van der Waals surface area contributed by atoms with Gasteiger partial charge in [0.15, 0.2) is 10.8 Å². The summed E-state index contributed by atoms with van der Waals surface area (Å²) >= 11 is 5.56. The number of carbonyl (C=O) groups excluding carboxylic acids is 2. The average molecular weight is 411 g/mol. The molecule has 1 fully saturated rings. The number of halogens is 1. The van der Waals surface area contributed by atoms with Gasteiger partial charge in [0.25, 0.3) is 5.91 Å². The van der Waals surface area contributed by atoms with Gasteiger partial charge in [-0.25, -0.2) is 14.0 Å². The van der Waals surface area contributed by atoms with Crippen molar-refractivity contribution in [2.75, 3.05) is 16.9 Å². The minimum atomic E-state index is -1.08. The van der Waals surface area contributed by atoms with Gasteiger partial charge in [0, 0.05) is 11.4 Å². The third-order valence-electron chi connectivity index (χ3n) is 4.84. The molecule has 6 nitrogen and oxygen atoms in total. The second-order valence-electron chi connectivity index (χ2n) is 7.06. The molecule has 8 heteroatoms. The van der Waals surface area contributed by atoms with Crippen LogP contribution in [-0.2, 0) is 9.53 Å². The van der Waals surface area contributed by atoms with Crippen LogP contribution in [0.25, 0.3) is 4.85 Å². The number of methoxy groups -OCH3 is 1. The second-order valence-corrected chi connectivity index (χ2v) is 7.42. The van der Waals surface area contributed by atoms with Gasteiger partial charge in [-0.15, -0.1) is 0 Å². The number of rotatable bonds is 3. The normalized spacial score (nSPS) is 15.4. The summed E-state index contributed by atoms with van der Waals surface area (Å²) in [6, 6.07) is 8.99. The first-order chi connectivity index (χ1) is 13.6. The van der Waals surface area contributed by atoms with Gasteiger partial charge >= 0.3 is 5.97 Å². The minimum Gasteiger partial charge on any atom is -0.465 e. The van der Waals surface area contributed by atoms with Gasteiger partial charge in [-0.2, -0.15) is 0 Å². The molecule has 1 heterocycles. The molecule has 0 N–H and O–H groups in total. The maximum atomic E-state index is 14.5. The number of esters is 1. The number of nitrogens with zero attached hydrogens (tertiary/aromatic N) is 3. The van der Waals surface area contributed by atoms with Gasteiger partial charge in [-0.3, -0.25) is 9.69 Å². The fraction of sp³-hybridized carbons (Fsp3) is 0.238. The molecular weight excluding hydrogens is 393 g/mol. The molecule has 0 aliphatic carbocycles. The highest BCUT2D eigenvalue weighted by atomic mass is 32.1. The van der Waals surface area contributed by atoms with Crippen molar-refractivity contribution in [2.24, 2.45) is 0 Å². The molecule has 2 aromatic rings. The Hall–Kier alpha value is -3.31. The summed E-state index contributed by atoms with van der Waals surface area (Å²) in [6.45, 7) is 12.3. The smallest absolute Gasteiger partial charge is 0.340 e. The molecule has 1 aliphatic heterocycles. The Labute approximate surface area is 173 Å². The number of hydrogen-bond acceptors (Lipinski definition) is 4. The molecule has 0 atom stereocenters. The lowest BCUT2D eigenvalue weighted by Crippen LogP contribution is -2.44. The van der Waals surface area contributed by atoms with Crippen LogP contribution in [0.2, 0.25) is 0 Å². The summed E-state index contributed by atoms with van der Waals surface area (Å²) in [6.07, 6.45) is 0. The van der Waals surface area contributed by atoms with Gasteiger partial charge in [-0.1, -0.05) is 6.07 Å². The molecule has 0 saturated carbocycles. The number of aryl methyl sites for hydroxylation is 1. The molecule has 1 amide bonds. The fourth-order valence-corrected chi connectivity index (χ4v) is 3.80. The summed E-state index contributed by atoms with van der Waals surface area (Å²) in [5.74, 6) is -1.84. The molecule has 3 rings (SSSR count). The maximum absolute atomic E-state index is 14.5. The SMILES string of the molecule is [C-]#[N+]c1ccc(N2C(=O)C(C)(C)N(c3ccc(C(=O)OC)c(F)c3)C2=S)cc1C. The van der Waals surface area contributed by atoms with E-state index in [4.69, 9.17) is 18.8 Å². The topological polar surface area (TPSA) is 54.2 Å². The standard InChI is InChI=1S/C21H18FN3O3S/c1-12-10-13(7-9-17(12)23-4)24-19(27)21(2,3)25(20(24)29)14-6-8-15(16(22)11-14)18(26)28-5/h6-11H,1-3,5H3. The van der Waals surface area contributed by atoms with Crippen LogP contribution in [0, 0.1) is 19.3 Å². The molecule has 0 unspecified atom stereocenters. The average Bonchev–Trinajstić information content (AvgIpc) is 2.85. The van der Waals surface area contributed by atoms with E-state index in [0.717, 1.165) is 11.6 Å². The Morgan fingerprint density at radius 2 is 1.86 bits per heavy atom. The summed E-state index contributed by atoms with van der Waals surface area (Å²) in [5.41, 5.74) is 0.805. The van der Waals surface area contributed by atoms with Crippen molar-refractivity contribution < 1.29 is 18.7 Å². The Bertz CT molecular complexity index is 1090. The molecule has 0 aromatic heterocycles. The first-order valence-electron chi connectivity index (χ1n) is 8.68. The van der Waals surface area contributed by atoms with E-state index < -0.39 is 17.3 Å². The molecular formula is C21H18FN3O3S. The molecule has 1 saturated heterocycles. The van der Waals surface area contributed by atoms with Crippen molar-refractivity contribution in [2.45, 2.75) is 26.3 Å². The summed E-state index contributed by atoms with van der Waals surface area (Å²) in [4.78, 5) is 31.2. The van der Waals surface area contributed by atoms with Gasteiger partial charge in [0.2, 0.25) is 0 Å². The van der Waals surface area contributed by atoms with Gasteiger partial charge in [-0.05, 0) is 68.9 Å². The van der Waals surface area contributed by atoms with Crippen molar-refractivity contribution in [1.29, 1.82) is 0 Å². The van der Waals surface area contributed by atoms with E-state index in [0.29, 0.717) is 17.1 Å². The highest BCUT2D eigenvalue weighted by Gasteiger charge is 2.50. The highest BCUT2D eigenvalue weighted by molar-refractivity contribution is 7.81. The second kappa shape index (κ2) is 7.26. The zero-order valence-electron chi connectivity index (χ0n) is 16.3. The van der Waals surface area contributed by atoms with E-state index in [2.05, 4.69) is 9.58 Å². The fourth-order valence-electron chi connectivity index (χ4n) is 3.28. The first-order valence-corrected chi connectivity index (χ1v) is 9.09. The Morgan fingerprint density at radius 1 is 1.21 bits per heavy atom. The predicted octanol–water partition coefficient (Wildman–Crippen LogP) is 4.39. The number of benzene rings is 2. The number of thiocarbonyl (C=S) groups is 1. The van der Waals surface area contributed by atoms with E-state index >= 15 is 0 Å². The number of anilines is 2. The molecule has 0 radical (unpaired) electrons. The monoisotopic (exact) mass is 411 g/mol. The maximum Gasteiger partial charge on any atom is 0.340 e. The molecule has 0 spiro atoms. The minimum absolute atomic E-state index is 0.181. The summed E-state index contributed by atoms with van der Waals surface area (Å²) < 4.78 is 19.0. The molecule has 1 aliphatic rings. The van der Waals surface area contributed by atoms with Crippen LogP contribution >= 0.6 is 12.2 Å². The molecule has 29 heavy (non-hydrogen) atoms. The number of carbonyl (C=O) groups is 2. The van der Waals surface area contributed by atoms with Crippen LogP contribution in [0.15, 0.2) is 36.4 Å².